The van der Waals surface area contributed by atoms with Gasteiger partial charge in [0.15, 0.2) is 10.1 Å². The van der Waals surface area contributed by atoms with Crippen molar-refractivity contribution in [2.45, 2.75) is 36.3 Å². The second-order valence-electron chi connectivity index (χ2n) is 5.84. The van der Waals surface area contributed by atoms with Gasteiger partial charge < -0.3 is 10.4 Å². The smallest absolute Gasteiger partial charge is 0.317 e. The minimum absolute atomic E-state index is 0.151. The number of nitrogens with one attached hydrogen (secondary N) is 1. The molecule has 1 aromatic carbocycles. The van der Waals surface area contributed by atoms with Crippen LogP contribution >= 0.6 is 34.7 Å². The maximum Gasteiger partial charge on any atom is 0.317 e. The highest BCUT2D eigenvalue weighted by Gasteiger charge is 2.25. The van der Waals surface area contributed by atoms with E-state index in [-0.39, 0.29) is 33.9 Å². The van der Waals surface area contributed by atoms with Crippen LogP contribution in [0.3, 0.4) is 0 Å². The van der Waals surface area contributed by atoms with Gasteiger partial charge in [0.2, 0.25) is 11.0 Å². The van der Waals surface area contributed by atoms with E-state index in [0.717, 1.165) is 28.7 Å². The summed E-state index contributed by atoms with van der Waals surface area (Å²) in [5, 5.41) is 19.0. The zero-order chi connectivity index (χ0) is 20.8. The van der Waals surface area contributed by atoms with Gasteiger partial charge in [0.25, 0.3) is 0 Å². The molecule has 2 N–H and O–H groups in total. The van der Waals surface area contributed by atoms with E-state index in [0.29, 0.717) is 10.6 Å². The van der Waals surface area contributed by atoms with Crippen LogP contribution in [0.15, 0.2) is 22.5 Å². The Kier molecular flexibility index (Phi) is 7.67. The number of carboxylic acid groups (broad SMARTS) is 1. The number of aromatic nitrogens is 2. The zero-order valence-electron chi connectivity index (χ0n) is 14.9. The van der Waals surface area contributed by atoms with Crippen LogP contribution < -0.4 is 5.32 Å². The van der Waals surface area contributed by atoms with Crippen LogP contribution in [0.2, 0.25) is 5.02 Å². The number of aryl methyl sites for hydroxylation is 1. The lowest BCUT2D eigenvalue weighted by Gasteiger charge is -2.10. The number of halogens is 1. The van der Waals surface area contributed by atoms with Crippen molar-refractivity contribution in [3.8, 4) is 0 Å². The number of aliphatic carboxylic acids is 1. The summed E-state index contributed by atoms with van der Waals surface area (Å²) in [7, 11) is 0. The Morgan fingerprint density at radius 3 is 2.61 bits per heavy atom. The van der Waals surface area contributed by atoms with Gasteiger partial charge in [-0.2, -0.15) is 0 Å². The van der Waals surface area contributed by atoms with E-state index in [1.165, 1.54) is 6.92 Å². The number of carbonyl (C=O) groups excluding carboxylic acids is 3. The number of nitrogens with zero attached hydrogens (tertiary/aromatic N) is 2. The summed E-state index contributed by atoms with van der Waals surface area (Å²) < 4.78 is 0.283. The van der Waals surface area contributed by atoms with E-state index < -0.39 is 17.1 Å². The van der Waals surface area contributed by atoms with Gasteiger partial charge in [-0.1, -0.05) is 34.7 Å². The fourth-order valence-electron chi connectivity index (χ4n) is 2.10. The summed E-state index contributed by atoms with van der Waals surface area (Å²) in [4.78, 5) is 46.5. The molecule has 1 atom stereocenters. The van der Waals surface area contributed by atoms with Crippen molar-refractivity contribution in [3.63, 3.8) is 0 Å². The van der Waals surface area contributed by atoms with E-state index in [4.69, 9.17) is 11.6 Å². The molecule has 0 aliphatic heterocycles. The second kappa shape index (κ2) is 9.76. The number of hydrogen-bond acceptors (Lipinski definition) is 8. The molecule has 1 aromatic heterocycles. The number of Topliss-reactive ketones (excluding diaryl/α,β-unsaturated/α-hetero) is 2. The number of anilines is 1. The van der Waals surface area contributed by atoms with Gasteiger partial charge in [-0.25, -0.2) is 0 Å². The molecule has 0 radical (unpaired) electrons. The first-order valence-corrected chi connectivity index (χ1v) is 10.0. The van der Waals surface area contributed by atoms with Gasteiger partial charge in [-0.15, -0.1) is 10.2 Å². The molecule has 28 heavy (non-hydrogen) atoms. The van der Waals surface area contributed by atoms with Gasteiger partial charge in [-0.05, 0) is 37.6 Å². The molecule has 2 rings (SSSR count). The molecule has 1 unspecified atom stereocenters. The summed E-state index contributed by atoms with van der Waals surface area (Å²) >= 11 is 7.78. The number of carboxylic acids is 1. The molecular formula is C17H16ClN3O5S2. The van der Waals surface area contributed by atoms with Crippen LogP contribution in [0.25, 0.3) is 0 Å². The van der Waals surface area contributed by atoms with Crippen LogP contribution in [0, 0.1) is 6.92 Å². The number of hydrogen-bond donors (Lipinski definition) is 2. The van der Waals surface area contributed by atoms with Crippen molar-refractivity contribution < 1.29 is 24.3 Å². The summed E-state index contributed by atoms with van der Waals surface area (Å²) in [6.07, 6.45) is -0.526. The van der Waals surface area contributed by atoms with Crippen LogP contribution in [0.4, 0.5) is 5.13 Å². The maximum absolute atomic E-state index is 12.4. The summed E-state index contributed by atoms with van der Waals surface area (Å²) in [6, 6.07) is 4.75. The molecule has 148 valence electrons. The molecule has 1 amide bonds. The average molecular weight is 442 g/mol. The summed E-state index contributed by atoms with van der Waals surface area (Å²) in [5.74, 6) is -2.32. The van der Waals surface area contributed by atoms with Gasteiger partial charge in [0.05, 0.1) is 6.42 Å². The molecule has 0 bridgehead atoms. The van der Waals surface area contributed by atoms with Gasteiger partial charge >= 0.3 is 5.97 Å². The monoisotopic (exact) mass is 441 g/mol. The molecule has 0 fully saturated rings. The Hall–Kier alpha value is -2.30. The number of amides is 1. The predicted molar refractivity (Wildman–Crippen MR) is 106 cm³/mol. The molecule has 0 saturated heterocycles. The first-order valence-electron chi connectivity index (χ1n) is 7.97. The van der Waals surface area contributed by atoms with Crippen molar-refractivity contribution in [1.29, 1.82) is 0 Å². The van der Waals surface area contributed by atoms with Crippen molar-refractivity contribution in [2.24, 2.45) is 0 Å². The van der Waals surface area contributed by atoms with Crippen molar-refractivity contribution in [3.05, 3.63) is 34.3 Å². The highest BCUT2D eigenvalue weighted by molar-refractivity contribution is 8.02. The molecule has 1 heterocycles. The fraction of sp³-hybridized carbons (Fsp3) is 0.294. The number of thioether (sulfide) groups is 1. The van der Waals surface area contributed by atoms with Crippen LogP contribution in [0.5, 0.6) is 0 Å². The molecule has 8 nitrogen and oxygen atoms in total. The molecule has 11 heteroatoms. The van der Waals surface area contributed by atoms with Crippen LogP contribution in [0.1, 0.15) is 35.7 Å². The van der Waals surface area contributed by atoms with E-state index in [9.17, 15) is 24.3 Å². The third-order valence-electron chi connectivity index (χ3n) is 3.43. The van der Waals surface area contributed by atoms with E-state index >= 15 is 0 Å². The number of ketones is 2. The standard InChI is InChI=1S/C17H16ClN3O5S2/c1-8-5-10(3-4-11(8)18)12(23)7-13(15(25)26)27-17-21-20-16(28-17)19-14(24)6-9(2)22/h3-5,13H,6-7H2,1-2H3,(H,25,26)(H,19,20,24). The number of rotatable bonds is 9. The molecule has 0 spiro atoms. The second-order valence-corrected chi connectivity index (χ2v) is 8.67. The number of carbonyl (C=O) groups is 4. The largest absolute Gasteiger partial charge is 0.480 e. The first-order chi connectivity index (χ1) is 13.2. The highest BCUT2D eigenvalue weighted by atomic mass is 35.5. The van der Waals surface area contributed by atoms with E-state index in [2.05, 4.69) is 15.5 Å². The van der Waals surface area contributed by atoms with Crippen LogP contribution in [-0.2, 0) is 14.4 Å². The summed E-state index contributed by atoms with van der Waals surface area (Å²) in [5.41, 5.74) is 1.10. The zero-order valence-corrected chi connectivity index (χ0v) is 17.3. The minimum Gasteiger partial charge on any atom is -0.480 e. The Labute approximate surface area is 173 Å². The lowest BCUT2D eigenvalue weighted by Crippen LogP contribution is -2.20. The lowest BCUT2D eigenvalue weighted by molar-refractivity contribution is -0.136. The van der Waals surface area contributed by atoms with Gasteiger partial charge in [0.1, 0.15) is 11.0 Å². The molecule has 2 aromatic rings. The number of benzene rings is 1. The van der Waals surface area contributed by atoms with Gasteiger partial charge in [-0.3, -0.25) is 19.2 Å². The van der Waals surface area contributed by atoms with Gasteiger partial charge in [0, 0.05) is 17.0 Å². The Morgan fingerprint density at radius 1 is 1.29 bits per heavy atom. The fourth-order valence-corrected chi connectivity index (χ4v) is 4.16. The minimum atomic E-state index is -1.17. The average Bonchev–Trinajstić information content (AvgIpc) is 3.02. The topological polar surface area (TPSA) is 126 Å². The quantitative estimate of drug-likeness (QED) is 0.263. The van der Waals surface area contributed by atoms with Crippen molar-refractivity contribution in [2.75, 3.05) is 5.32 Å². The van der Waals surface area contributed by atoms with E-state index in [1.54, 1.807) is 25.1 Å². The van der Waals surface area contributed by atoms with E-state index in [1.807, 2.05) is 0 Å². The Balaban J connectivity index is 2.04. The third kappa shape index (κ3) is 6.39. The van der Waals surface area contributed by atoms with Crippen LogP contribution in [-0.4, -0.2) is 44.0 Å². The molecular weight excluding hydrogens is 426 g/mol. The molecule has 0 saturated carbocycles. The lowest BCUT2D eigenvalue weighted by atomic mass is 10.0. The van der Waals surface area contributed by atoms with Crippen molar-refractivity contribution in [1.82, 2.24) is 10.2 Å². The summed E-state index contributed by atoms with van der Waals surface area (Å²) in [6.45, 7) is 3.04. The molecule has 0 aliphatic rings. The molecule has 0 aliphatic carbocycles. The first kappa shape index (κ1) is 22.0. The maximum atomic E-state index is 12.4. The predicted octanol–water partition coefficient (Wildman–Crippen LogP) is 3.24. The van der Waals surface area contributed by atoms with Crippen molar-refractivity contribution >= 4 is 63.3 Å². The third-order valence-corrected chi connectivity index (χ3v) is 5.96. The highest BCUT2D eigenvalue weighted by Crippen LogP contribution is 2.31. The SMILES string of the molecule is CC(=O)CC(=O)Nc1nnc(SC(CC(=O)c2ccc(Cl)c(C)c2)C(=O)O)s1. The Morgan fingerprint density at radius 2 is 2.00 bits per heavy atom. The Bertz CT molecular complexity index is 931. The normalized spacial score (nSPS) is 11.7.